The lowest BCUT2D eigenvalue weighted by Gasteiger charge is -2.24. The van der Waals surface area contributed by atoms with E-state index in [1.54, 1.807) is 37.7 Å². The van der Waals surface area contributed by atoms with Gasteiger partial charge in [0.15, 0.2) is 0 Å². The first kappa shape index (κ1) is 42.2. The Balaban J connectivity index is 0.000000441. The molecule has 9 N–H and O–H groups in total. The number of nitrogens with one attached hydrogen (secondary N) is 3. The van der Waals surface area contributed by atoms with Crippen LogP contribution in [0, 0.1) is 0 Å². The highest BCUT2D eigenvalue weighted by Gasteiger charge is 2.27. The summed E-state index contributed by atoms with van der Waals surface area (Å²) in [4.78, 5) is 52.6. The SMILES string of the molecule is COc1ccc(CNc2nc(N3CCCC3CO)ncc2C(=O)NCc2ncccn2)cc1Cl.NC(=O)NCCC[C@H](N)C(=O)O.O=S(=O)([O-])[O-]. The summed E-state index contributed by atoms with van der Waals surface area (Å²) in [6.07, 6.45) is 7.39. The smallest absolute Gasteiger partial charge is 0.320 e. The summed E-state index contributed by atoms with van der Waals surface area (Å²) in [6.45, 7) is 1.68. The van der Waals surface area contributed by atoms with Gasteiger partial charge in [-0.15, -0.1) is 0 Å². The van der Waals surface area contributed by atoms with E-state index >= 15 is 0 Å². The second-order valence-corrected chi connectivity index (χ2v) is 11.8. The summed E-state index contributed by atoms with van der Waals surface area (Å²) in [5.74, 6) is 0.547. The zero-order valence-corrected chi connectivity index (χ0v) is 29.0. The number of halogens is 1. The molecule has 3 aromatic rings. The molecule has 280 valence electrons. The highest BCUT2D eigenvalue weighted by Crippen LogP contribution is 2.27. The van der Waals surface area contributed by atoms with E-state index in [2.05, 4.69) is 35.9 Å². The van der Waals surface area contributed by atoms with Crippen LogP contribution in [0.2, 0.25) is 5.02 Å². The summed E-state index contributed by atoms with van der Waals surface area (Å²) in [5.41, 5.74) is 11.1. The van der Waals surface area contributed by atoms with Gasteiger partial charge in [0.1, 0.15) is 29.0 Å². The van der Waals surface area contributed by atoms with Crippen LogP contribution in [0.4, 0.5) is 16.6 Å². The van der Waals surface area contributed by atoms with Crippen LogP contribution in [0.5, 0.6) is 5.75 Å². The quantitative estimate of drug-likeness (QED) is 0.0644. The lowest BCUT2D eigenvalue weighted by Crippen LogP contribution is -2.34. The molecule has 0 aliphatic carbocycles. The molecule has 1 fully saturated rings. The average Bonchev–Trinajstić information content (AvgIpc) is 3.57. The summed E-state index contributed by atoms with van der Waals surface area (Å²) >= 11 is 6.25. The third-order valence-electron chi connectivity index (χ3n) is 6.88. The van der Waals surface area contributed by atoms with Gasteiger partial charge in [0.05, 0.1) is 31.3 Å². The third kappa shape index (κ3) is 16.1. The Labute approximate surface area is 298 Å². The number of aliphatic carboxylic acids is 1. The van der Waals surface area contributed by atoms with Crippen molar-refractivity contribution in [2.75, 3.05) is 37.0 Å². The van der Waals surface area contributed by atoms with Crippen LogP contribution in [-0.2, 0) is 28.3 Å². The Morgan fingerprint density at radius 1 is 1.16 bits per heavy atom. The van der Waals surface area contributed by atoms with Gasteiger partial charge in [-0.25, -0.2) is 19.7 Å². The van der Waals surface area contributed by atoms with E-state index in [1.165, 1.54) is 6.20 Å². The molecule has 22 heteroatoms. The van der Waals surface area contributed by atoms with E-state index in [0.29, 0.717) is 59.9 Å². The molecule has 0 spiro atoms. The van der Waals surface area contributed by atoms with Crippen molar-refractivity contribution >= 4 is 51.7 Å². The number of carbonyl (C=O) groups excluding carboxylic acids is 2. The van der Waals surface area contributed by atoms with Crippen molar-refractivity contribution in [1.29, 1.82) is 0 Å². The van der Waals surface area contributed by atoms with E-state index < -0.39 is 28.4 Å². The Morgan fingerprint density at radius 3 is 2.43 bits per heavy atom. The van der Waals surface area contributed by atoms with Crippen LogP contribution in [0.25, 0.3) is 0 Å². The van der Waals surface area contributed by atoms with Crippen molar-refractivity contribution in [2.24, 2.45) is 11.5 Å². The average molecular weight is 755 g/mol. The van der Waals surface area contributed by atoms with Crippen LogP contribution < -0.4 is 37.1 Å². The molecule has 1 aliphatic heterocycles. The number of aliphatic hydroxyl groups is 1. The van der Waals surface area contributed by atoms with Crippen molar-refractivity contribution in [1.82, 2.24) is 30.6 Å². The van der Waals surface area contributed by atoms with Crippen LogP contribution in [0.1, 0.15) is 47.4 Å². The largest absolute Gasteiger partial charge is 0.759 e. The molecule has 2 aromatic heterocycles. The number of urea groups is 1. The fourth-order valence-corrected chi connectivity index (χ4v) is 4.72. The highest BCUT2D eigenvalue weighted by atomic mass is 35.5. The second kappa shape index (κ2) is 21.3. The van der Waals surface area contributed by atoms with Crippen molar-refractivity contribution < 1.29 is 46.9 Å². The van der Waals surface area contributed by atoms with Crippen molar-refractivity contribution in [3.05, 3.63) is 64.8 Å². The molecule has 51 heavy (non-hydrogen) atoms. The monoisotopic (exact) mass is 754 g/mol. The first-order chi connectivity index (χ1) is 24.1. The van der Waals surface area contributed by atoms with Crippen LogP contribution in [0.3, 0.4) is 0 Å². The number of methoxy groups -OCH3 is 1. The molecular weight excluding hydrogens is 716 g/mol. The van der Waals surface area contributed by atoms with Gasteiger partial charge in [-0.3, -0.25) is 18.0 Å². The minimum atomic E-state index is -5.17. The van der Waals surface area contributed by atoms with Crippen LogP contribution in [0.15, 0.2) is 42.9 Å². The number of nitrogens with zero attached hydrogens (tertiary/aromatic N) is 5. The maximum atomic E-state index is 13.0. The molecule has 3 amide bonds. The van der Waals surface area contributed by atoms with E-state index in [1.807, 2.05) is 11.0 Å². The number of rotatable bonds is 14. The predicted molar refractivity (Wildman–Crippen MR) is 181 cm³/mol. The van der Waals surface area contributed by atoms with Crippen molar-refractivity contribution in [3.8, 4) is 5.75 Å². The highest BCUT2D eigenvalue weighted by molar-refractivity contribution is 7.79. The number of hydrogen-bond donors (Lipinski definition) is 7. The maximum absolute atomic E-state index is 13.0. The minimum absolute atomic E-state index is 0.0236. The lowest BCUT2D eigenvalue weighted by molar-refractivity contribution is -0.138. The van der Waals surface area contributed by atoms with Crippen molar-refractivity contribution in [2.45, 2.75) is 50.9 Å². The molecular formula is C29H39ClN10O10S-2. The molecule has 1 unspecified atom stereocenters. The Morgan fingerprint density at radius 2 is 1.84 bits per heavy atom. The molecule has 1 saturated heterocycles. The van der Waals surface area contributed by atoms with E-state index in [4.69, 9.17) is 50.4 Å². The van der Waals surface area contributed by atoms with Gasteiger partial charge in [0.2, 0.25) is 5.95 Å². The number of primary amides is 1. The number of ether oxygens (including phenoxy) is 1. The number of carboxylic acid groups (broad SMARTS) is 1. The topological polar surface area (TPSA) is 324 Å². The van der Waals surface area contributed by atoms with Crippen LogP contribution in [-0.4, -0.2) is 104 Å². The molecule has 20 nitrogen and oxygen atoms in total. The number of anilines is 2. The number of nitrogens with two attached hydrogens (primary N) is 2. The second-order valence-electron chi connectivity index (χ2n) is 10.6. The maximum Gasteiger partial charge on any atom is 0.320 e. The van der Waals surface area contributed by atoms with Crippen LogP contribution >= 0.6 is 11.6 Å². The zero-order valence-electron chi connectivity index (χ0n) is 27.4. The minimum Gasteiger partial charge on any atom is -0.759 e. The van der Waals surface area contributed by atoms with Gasteiger partial charge in [-0.2, -0.15) is 4.98 Å². The van der Waals surface area contributed by atoms with E-state index in [-0.39, 0.29) is 25.1 Å². The van der Waals surface area contributed by atoms with Crippen molar-refractivity contribution in [3.63, 3.8) is 0 Å². The molecule has 0 radical (unpaired) electrons. The van der Waals surface area contributed by atoms with Gasteiger partial charge in [-0.05, 0) is 49.4 Å². The van der Waals surface area contributed by atoms with Gasteiger partial charge < -0.3 is 56.4 Å². The number of carboxylic acids is 1. The Kier molecular flexibility index (Phi) is 17.7. The summed E-state index contributed by atoms with van der Waals surface area (Å²) in [5, 5.41) is 26.9. The fraction of sp³-hybridized carbons (Fsp3) is 0.414. The normalized spacial score (nSPS) is 14.2. The number of hydrogen-bond acceptors (Lipinski definition) is 16. The summed E-state index contributed by atoms with van der Waals surface area (Å²) in [7, 11) is -3.61. The molecule has 4 rings (SSSR count). The molecule has 1 aromatic carbocycles. The van der Waals surface area contributed by atoms with Gasteiger partial charge in [0, 0.05) is 48.6 Å². The zero-order chi connectivity index (χ0) is 38.0. The molecule has 0 bridgehead atoms. The standard InChI is InChI=1S/C23H26ClN7O3.C6H13N3O3.H2O4S/c1-34-19-6-5-15(10-18(19)24)11-27-21-17(22(33)28-13-20-25-7-3-8-26-20)12-29-23(30-21)31-9-2-4-16(31)14-32;7-4(5(10)11)2-1-3-9-6(8)12;1-5(2,3)4/h3,5-8,10,12,16,32H,2,4,9,11,13-14H2,1H3,(H,28,33)(H,27,29,30);4H,1-3,7H2,(H,10,11)(H3,8,9,12);(H2,1,2,3,4)/p-2/t;4-;/m.0./s1. The number of benzene rings is 1. The van der Waals surface area contributed by atoms with Gasteiger partial charge in [0.25, 0.3) is 5.91 Å². The molecule has 1 aliphatic rings. The third-order valence-corrected chi connectivity index (χ3v) is 7.17. The van der Waals surface area contributed by atoms with E-state index in [0.717, 1.165) is 24.9 Å². The molecule has 0 saturated carbocycles. The number of carbonyl (C=O) groups is 3. The molecule has 2 atom stereocenters. The lowest BCUT2D eigenvalue weighted by atomic mass is 10.2. The number of aromatic nitrogens is 4. The van der Waals surface area contributed by atoms with E-state index in [9.17, 15) is 19.5 Å². The first-order valence-electron chi connectivity index (χ1n) is 15.2. The summed E-state index contributed by atoms with van der Waals surface area (Å²) < 4.78 is 39.3. The number of amides is 3. The summed E-state index contributed by atoms with van der Waals surface area (Å²) in [6, 6.07) is 5.66. The Hall–Kier alpha value is -4.93. The number of aliphatic hydroxyl groups excluding tert-OH is 1. The molecule has 3 heterocycles. The Bertz CT molecular complexity index is 1680. The van der Waals surface area contributed by atoms with Gasteiger partial charge >= 0.3 is 12.0 Å². The fourth-order valence-electron chi connectivity index (χ4n) is 4.44. The first-order valence-corrected chi connectivity index (χ1v) is 16.9. The van der Waals surface area contributed by atoms with Gasteiger partial charge in [-0.1, -0.05) is 17.7 Å². The predicted octanol–water partition coefficient (Wildman–Crippen LogP) is -0.0594.